The molecule has 3 aromatic carbocycles. The number of fused-ring (bicyclic) bond motifs is 8. The Labute approximate surface area is 317 Å². The summed E-state index contributed by atoms with van der Waals surface area (Å²) in [5.74, 6) is 1.28. The topological polar surface area (TPSA) is 15.3 Å². The largest absolute Gasteiger partial charge is 0.355 e. The van der Waals surface area contributed by atoms with Crippen LogP contribution in [-0.4, -0.2) is 6.71 Å². The molecule has 0 radical (unpaired) electrons. The fourth-order valence-corrected chi connectivity index (χ4v) is 13.3. The summed E-state index contributed by atoms with van der Waals surface area (Å²) in [6.45, 7) is 29.5. The molecule has 2 fully saturated rings. The molecular weight excluding hydrogens is 647 g/mol. The molecule has 0 amide bonds. The number of nitrogens with one attached hydrogen (secondary N) is 1. The van der Waals surface area contributed by atoms with Crippen LogP contribution in [0.25, 0.3) is 10.1 Å². The minimum Gasteiger partial charge on any atom is -0.355 e. The first-order chi connectivity index (χ1) is 24.3. The van der Waals surface area contributed by atoms with E-state index in [1.54, 1.807) is 11.1 Å². The quantitative estimate of drug-likeness (QED) is 0.175. The van der Waals surface area contributed by atoms with Crippen molar-refractivity contribution in [3.8, 4) is 0 Å². The Balaban J connectivity index is 1.20. The molecule has 2 saturated carbocycles. The zero-order valence-electron chi connectivity index (χ0n) is 33.7. The molecule has 4 aromatic rings. The van der Waals surface area contributed by atoms with Gasteiger partial charge < -0.3 is 10.2 Å². The third kappa shape index (κ3) is 4.20. The number of hydrogen-bond donors (Lipinski definition) is 1. The zero-order valence-corrected chi connectivity index (χ0v) is 34.5. The van der Waals surface area contributed by atoms with Gasteiger partial charge in [0.15, 0.2) is 0 Å². The van der Waals surface area contributed by atoms with Gasteiger partial charge in [-0.05, 0) is 141 Å². The van der Waals surface area contributed by atoms with Crippen LogP contribution >= 0.6 is 11.3 Å². The predicted octanol–water partition coefficient (Wildman–Crippen LogP) is 11.4. The van der Waals surface area contributed by atoms with E-state index in [1.807, 2.05) is 11.3 Å². The summed E-state index contributed by atoms with van der Waals surface area (Å²) in [7, 11) is 0. The summed E-state index contributed by atoms with van der Waals surface area (Å²) in [6.07, 6.45) is 13.0. The van der Waals surface area contributed by atoms with E-state index in [9.17, 15) is 0 Å². The fraction of sp³-hybridized carbons (Fsp3) is 0.500. The molecule has 10 rings (SSSR count). The van der Waals surface area contributed by atoms with Crippen molar-refractivity contribution in [2.24, 2.45) is 28.1 Å². The predicted molar refractivity (Wildman–Crippen MR) is 227 cm³/mol. The maximum Gasteiger partial charge on any atom is 0.264 e. The van der Waals surface area contributed by atoms with Gasteiger partial charge in [-0.1, -0.05) is 100 Å². The molecule has 1 aromatic heterocycles. The zero-order chi connectivity index (χ0) is 36.7. The molecule has 2 aliphatic heterocycles. The van der Waals surface area contributed by atoms with Crippen LogP contribution < -0.4 is 25.9 Å². The van der Waals surface area contributed by atoms with Gasteiger partial charge >= 0.3 is 0 Å². The lowest BCUT2D eigenvalue weighted by atomic mass is 9.36. The first-order valence-electron chi connectivity index (χ1n) is 20.1. The number of allylic oxidation sites excluding steroid dienone is 3. The van der Waals surface area contributed by atoms with Gasteiger partial charge in [-0.15, -0.1) is 11.3 Å². The molecule has 2 nitrogen and oxygen atoms in total. The van der Waals surface area contributed by atoms with E-state index in [2.05, 4.69) is 154 Å². The number of benzene rings is 3. The molecule has 1 N–H and O–H groups in total. The number of hydrogen-bond acceptors (Lipinski definition) is 3. The molecular formula is C48H57BN2S. The average molecular weight is 705 g/mol. The Kier molecular flexibility index (Phi) is 6.34. The van der Waals surface area contributed by atoms with Crippen LogP contribution in [0, 0.1) is 35.0 Å². The van der Waals surface area contributed by atoms with Gasteiger partial charge in [0.2, 0.25) is 0 Å². The molecule has 268 valence electrons. The fourth-order valence-electron chi connectivity index (χ4n) is 12.0. The number of rotatable bonds is 1. The lowest BCUT2D eigenvalue weighted by molar-refractivity contribution is 0.0735. The van der Waals surface area contributed by atoms with E-state index in [4.69, 9.17) is 0 Å². The Morgan fingerprint density at radius 1 is 0.827 bits per heavy atom. The Morgan fingerprint density at radius 2 is 1.54 bits per heavy atom. The minimum absolute atomic E-state index is 0.0502. The van der Waals surface area contributed by atoms with Crippen molar-refractivity contribution in [3.05, 3.63) is 88.6 Å². The van der Waals surface area contributed by atoms with Gasteiger partial charge in [-0.2, -0.15) is 0 Å². The van der Waals surface area contributed by atoms with Crippen LogP contribution in [0.3, 0.4) is 0 Å². The minimum atomic E-state index is 0.0502. The van der Waals surface area contributed by atoms with Gasteiger partial charge in [0, 0.05) is 43.0 Å². The first kappa shape index (κ1) is 33.3. The smallest absolute Gasteiger partial charge is 0.264 e. The SMILES string of the molecule is Cc1cc2c3c(c1)N(C1=CC4C5C(C)(C)CCC(C)(C)C45C=C1)c1cc(C(C)(C)C)ccc1B3c1sc3cc4c(cc3c1N2)C(C)(C)CCC4(C)C. The number of aryl methyl sites for hydroxylation is 1. The highest BCUT2D eigenvalue weighted by atomic mass is 32.1. The summed E-state index contributed by atoms with van der Waals surface area (Å²) < 4.78 is 2.90. The monoisotopic (exact) mass is 704 g/mol. The molecule has 52 heavy (non-hydrogen) atoms. The van der Waals surface area contributed by atoms with Crippen molar-refractivity contribution in [3.63, 3.8) is 0 Å². The standard InChI is InChI=1S/C48H57BN2S/c1-27-21-35-39-37(22-27)51(29-15-16-48-33(24-29)41(48)46(9,10)19-20-47(48,11)12)36-23-28(43(2,3)4)13-14-34(36)49(39)42-40(50-35)30-25-31-32(26-38(30)52-42)45(7,8)18-17-44(31,5)6/h13-16,21-26,33,41,50H,17-20H2,1-12H3. The normalized spacial score (nSPS) is 27.7. The second kappa shape index (κ2) is 9.89. The van der Waals surface area contributed by atoms with Crippen molar-refractivity contribution >= 4 is 66.6 Å². The highest BCUT2D eigenvalue weighted by Gasteiger charge is 2.75. The third-order valence-corrected chi connectivity index (χ3v) is 16.6. The first-order valence-corrected chi connectivity index (χ1v) is 21.0. The highest BCUT2D eigenvalue weighted by Crippen LogP contribution is 2.80. The Hall–Kier alpha value is -3.24. The van der Waals surface area contributed by atoms with Crippen LogP contribution in [0.1, 0.15) is 124 Å². The number of thiophene rings is 1. The molecule has 1 spiro atoms. The van der Waals surface area contributed by atoms with E-state index in [0.29, 0.717) is 22.7 Å². The Morgan fingerprint density at radius 3 is 2.25 bits per heavy atom. The molecule has 0 bridgehead atoms. The van der Waals surface area contributed by atoms with Gasteiger partial charge in [0.1, 0.15) is 0 Å². The molecule has 3 unspecified atom stereocenters. The lowest BCUT2D eigenvalue weighted by Crippen LogP contribution is -2.59. The molecule has 4 aliphatic carbocycles. The maximum atomic E-state index is 4.11. The van der Waals surface area contributed by atoms with Crippen molar-refractivity contribution in [2.45, 2.75) is 125 Å². The average Bonchev–Trinajstić information content (AvgIpc) is 3.66. The van der Waals surface area contributed by atoms with Gasteiger partial charge in [-0.25, -0.2) is 0 Å². The van der Waals surface area contributed by atoms with Gasteiger partial charge in [-0.3, -0.25) is 0 Å². The summed E-state index contributed by atoms with van der Waals surface area (Å²) in [4.78, 5) is 2.67. The van der Waals surface area contributed by atoms with E-state index in [0.717, 1.165) is 0 Å². The van der Waals surface area contributed by atoms with E-state index in [1.165, 1.54) is 91.0 Å². The third-order valence-electron chi connectivity index (χ3n) is 15.4. The molecule has 6 aliphatic rings. The summed E-state index contributed by atoms with van der Waals surface area (Å²) in [6, 6.07) is 17.5. The highest BCUT2D eigenvalue weighted by molar-refractivity contribution is 7.33. The second-order valence-corrected chi connectivity index (χ2v) is 22.5. The van der Waals surface area contributed by atoms with Crippen molar-refractivity contribution < 1.29 is 0 Å². The summed E-state index contributed by atoms with van der Waals surface area (Å²) >= 11 is 2.04. The van der Waals surface area contributed by atoms with E-state index < -0.39 is 0 Å². The second-order valence-electron chi connectivity index (χ2n) is 21.4. The van der Waals surface area contributed by atoms with Crippen LogP contribution in [0.2, 0.25) is 0 Å². The summed E-state index contributed by atoms with van der Waals surface area (Å²) in [5, 5.41) is 5.51. The van der Waals surface area contributed by atoms with Crippen LogP contribution in [0.5, 0.6) is 0 Å². The molecule has 4 heteroatoms. The number of nitrogens with zero attached hydrogens (tertiary/aromatic N) is 1. The van der Waals surface area contributed by atoms with E-state index >= 15 is 0 Å². The number of anilines is 4. The van der Waals surface area contributed by atoms with Crippen LogP contribution in [-0.2, 0) is 16.2 Å². The van der Waals surface area contributed by atoms with Crippen LogP contribution in [0.4, 0.5) is 22.7 Å². The van der Waals surface area contributed by atoms with Gasteiger partial charge in [0.05, 0.1) is 5.69 Å². The Bertz CT molecular complexity index is 2320. The van der Waals surface area contributed by atoms with Gasteiger partial charge in [0.25, 0.3) is 6.71 Å². The molecule has 0 saturated heterocycles. The van der Waals surface area contributed by atoms with Crippen molar-refractivity contribution in [2.75, 3.05) is 10.2 Å². The lowest BCUT2D eigenvalue weighted by Gasteiger charge is -2.45. The van der Waals surface area contributed by atoms with Crippen molar-refractivity contribution in [1.82, 2.24) is 0 Å². The molecule has 3 atom stereocenters. The van der Waals surface area contributed by atoms with Crippen LogP contribution in [0.15, 0.2) is 66.4 Å². The van der Waals surface area contributed by atoms with E-state index in [-0.39, 0.29) is 28.4 Å². The molecule has 3 heterocycles. The maximum absolute atomic E-state index is 4.11. The van der Waals surface area contributed by atoms with Crippen molar-refractivity contribution in [1.29, 1.82) is 0 Å². The summed E-state index contributed by atoms with van der Waals surface area (Å²) in [5.41, 5.74) is 16.7.